The molecule has 0 unspecified atom stereocenters. The number of aromatic nitrogens is 2. The van der Waals surface area contributed by atoms with Crippen LogP contribution in [0.15, 0.2) is 53.7 Å². The van der Waals surface area contributed by atoms with Gasteiger partial charge >= 0.3 is 0 Å². The second-order valence-electron chi connectivity index (χ2n) is 6.28. The number of nitrogens with one attached hydrogen (secondary N) is 1. The second-order valence-corrected chi connectivity index (χ2v) is 7.25. The summed E-state index contributed by atoms with van der Waals surface area (Å²) in [6.07, 6.45) is 2.15. The minimum Gasteiger partial charge on any atom is -0.339 e. The molecule has 26 heavy (non-hydrogen) atoms. The fraction of sp³-hybridized carbons (Fsp3) is 0.333. The standard InChI is InChI=1S/C21H25N3OS/c1-3-5-14-24(4-2)20(25)17-12-10-16(11-13-17)15-26-21-22-18-8-6-7-9-19(18)23-21/h6-13H,3-5,14-15H2,1-2H3,(H,22,23). The average Bonchev–Trinajstić information content (AvgIpc) is 3.10. The molecule has 1 amide bonds. The number of carbonyl (C=O) groups is 1. The quantitative estimate of drug-likeness (QED) is 0.562. The van der Waals surface area contributed by atoms with Gasteiger partial charge in [-0.3, -0.25) is 4.79 Å². The molecular weight excluding hydrogens is 342 g/mol. The smallest absolute Gasteiger partial charge is 0.253 e. The number of carbonyl (C=O) groups excluding carboxylic acids is 1. The number of benzene rings is 2. The molecule has 1 aromatic heterocycles. The zero-order valence-electron chi connectivity index (χ0n) is 15.4. The van der Waals surface area contributed by atoms with Crippen molar-refractivity contribution in [1.82, 2.24) is 14.9 Å². The molecule has 1 heterocycles. The van der Waals surface area contributed by atoms with E-state index in [9.17, 15) is 4.79 Å². The van der Waals surface area contributed by atoms with Crippen molar-refractivity contribution in [3.05, 3.63) is 59.7 Å². The van der Waals surface area contributed by atoms with Gasteiger partial charge < -0.3 is 9.88 Å². The van der Waals surface area contributed by atoms with Crippen molar-refractivity contribution >= 4 is 28.7 Å². The summed E-state index contributed by atoms with van der Waals surface area (Å²) in [6.45, 7) is 5.76. The molecule has 0 aliphatic heterocycles. The minimum atomic E-state index is 0.123. The number of imidazole rings is 1. The van der Waals surface area contributed by atoms with Crippen LogP contribution in [0, 0.1) is 0 Å². The Bertz CT molecular complexity index is 824. The second kappa shape index (κ2) is 8.90. The molecule has 1 N–H and O–H groups in total. The van der Waals surface area contributed by atoms with E-state index in [1.165, 1.54) is 5.56 Å². The van der Waals surface area contributed by atoms with Crippen molar-refractivity contribution in [1.29, 1.82) is 0 Å². The Balaban J connectivity index is 1.61. The van der Waals surface area contributed by atoms with E-state index in [0.29, 0.717) is 0 Å². The lowest BCUT2D eigenvalue weighted by Gasteiger charge is -2.20. The van der Waals surface area contributed by atoms with Crippen LogP contribution in [0.1, 0.15) is 42.6 Å². The topological polar surface area (TPSA) is 49.0 Å². The predicted molar refractivity (Wildman–Crippen MR) is 109 cm³/mol. The average molecular weight is 368 g/mol. The summed E-state index contributed by atoms with van der Waals surface area (Å²) < 4.78 is 0. The van der Waals surface area contributed by atoms with E-state index in [-0.39, 0.29) is 5.91 Å². The molecule has 136 valence electrons. The monoisotopic (exact) mass is 367 g/mol. The number of H-pyrrole nitrogens is 1. The molecule has 0 fully saturated rings. The molecule has 3 aromatic rings. The van der Waals surface area contributed by atoms with Crippen LogP contribution in [0.4, 0.5) is 0 Å². The molecule has 0 aliphatic carbocycles. The first-order valence-corrected chi connectivity index (χ1v) is 10.2. The van der Waals surface area contributed by atoms with Crippen molar-refractivity contribution in [2.45, 2.75) is 37.6 Å². The van der Waals surface area contributed by atoms with Crippen LogP contribution in [0.2, 0.25) is 0 Å². The lowest BCUT2D eigenvalue weighted by molar-refractivity contribution is 0.0762. The third kappa shape index (κ3) is 4.47. The van der Waals surface area contributed by atoms with Crippen LogP contribution in [0.3, 0.4) is 0 Å². The number of aromatic amines is 1. The number of hydrogen-bond acceptors (Lipinski definition) is 3. The summed E-state index contributed by atoms with van der Waals surface area (Å²) in [5, 5.41) is 0.920. The molecule has 2 aromatic carbocycles. The zero-order chi connectivity index (χ0) is 18.4. The number of unbranched alkanes of at least 4 members (excludes halogenated alkanes) is 1. The van der Waals surface area contributed by atoms with Crippen molar-refractivity contribution in [2.24, 2.45) is 0 Å². The number of hydrogen-bond donors (Lipinski definition) is 1. The van der Waals surface area contributed by atoms with Gasteiger partial charge in [-0.15, -0.1) is 0 Å². The minimum absolute atomic E-state index is 0.123. The largest absolute Gasteiger partial charge is 0.339 e. The molecule has 3 rings (SSSR count). The van der Waals surface area contributed by atoms with Crippen molar-refractivity contribution in [3.8, 4) is 0 Å². The lowest BCUT2D eigenvalue weighted by Crippen LogP contribution is -2.31. The van der Waals surface area contributed by atoms with Gasteiger partial charge in [0, 0.05) is 24.4 Å². The summed E-state index contributed by atoms with van der Waals surface area (Å²) in [6, 6.07) is 16.0. The maximum atomic E-state index is 12.6. The molecule has 0 radical (unpaired) electrons. The number of thioether (sulfide) groups is 1. The molecule has 0 saturated carbocycles. The Labute approximate surface area is 159 Å². The number of rotatable bonds is 8. The fourth-order valence-electron chi connectivity index (χ4n) is 2.83. The van der Waals surface area contributed by atoms with E-state index in [1.54, 1.807) is 11.8 Å². The van der Waals surface area contributed by atoms with E-state index >= 15 is 0 Å². The van der Waals surface area contributed by atoms with Gasteiger partial charge in [0.05, 0.1) is 11.0 Å². The third-order valence-corrected chi connectivity index (χ3v) is 5.34. The van der Waals surface area contributed by atoms with E-state index in [2.05, 4.69) is 16.9 Å². The Morgan fingerprint density at radius 3 is 2.58 bits per heavy atom. The van der Waals surface area contributed by atoms with Gasteiger partial charge in [0.15, 0.2) is 5.16 Å². The SMILES string of the molecule is CCCCN(CC)C(=O)c1ccc(CSc2nc3ccccc3[nH]2)cc1. The van der Waals surface area contributed by atoms with Gasteiger partial charge in [0.25, 0.3) is 5.91 Å². The van der Waals surface area contributed by atoms with Gasteiger partial charge in [-0.25, -0.2) is 4.98 Å². The number of fused-ring (bicyclic) bond motifs is 1. The van der Waals surface area contributed by atoms with Crippen molar-refractivity contribution in [2.75, 3.05) is 13.1 Å². The predicted octanol–water partition coefficient (Wildman–Crippen LogP) is 5.12. The Hall–Kier alpha value is -2.27. The Morgan fingerprint density at radius 1 is 1.12 bits per heavy atom. The molecule has 4 nitrogen and oxygen atoms in total. The summed E-state index contributed by atoms with van der Waals surface area (Å²) in [4.78, 5) is 22.4. The first-order chi connectivity index (χ1) is 12.7. The highest BCUT2D eigenvalue weighted by Gasteiger charge is 2.13. The summed E-state index contributed by atoms with van der Waals surface area (Å²) in [7, 11) is 0. The van der Waals surface area contributed by atoms with Gasteiger partial charge in [-0.1, -0.05) is 49.4 Å². The van der Waals surface area contributed by atoms with Gasteiger partial charge in [-0.05, 0) is 43.2 Å². The molecule has 0 atom stereocenters. The first kappa shape index (κ1) is 18.5. The highest BCUT2D eigenvalue weighted by atomic mass is 32.2. The number of para-hydroxylation sites is 2. The number of nitrogens with zero attached hydrogens (tertiary/aromatic N) is 2. The van der Waals surface area contributed by atoms with Crippen molar-refractivity contribution in [3.63, 3.8) is 0 Å². The highest BCUT2D eigenvalue weighted by molar-refractivity contribution is 7.98. The summed E-state index contributed by atoms with van der Waals surface area (Å²) in [5.41, 5.74) is 3.99. The zero-order valence-corrected chi connectivity index (χ0v) is 16.2. The van der Waals surface area contributed by atoms with Crippen LogP contribution in [-0.4, -0.2) is 33.9 Å². The summed E-state index contributed by atoms with van der Waals surface area (Å²) in [5.74, 6) is 0.944. The van der Waals surface area contributed by atoms with Crippen LogP contribution >= 0.6 is 11.8 Å². The van der Waals surface area contributed by atoms with Gasteiger partial charge in [0.2, 0.25) is 0 Å². The molecule has 0 saturated heterocycles. The summed E-state index contributed by atoms with van der Waals surface area (Å²) >= 11 is 1.67. The van der Waals surface area contributed by atoms with Gasteiger partial charge in [-0.2, -0.15) is 0 Å². The third-order valence-electron chi connectivity index (χ3n) is 4.39. The molecule has 5 heteroatoms. The lowest BCUT2D eigenvalue weighted by atomic mass is 10.1. The van der Waals surface area contributed by atoms with Crippen molar-refractivity contribution < 1.29 is 4.79 Å². The van der Waals surface area contributed by atoms with Gasteiger partial charge in [0.1, 0.15) is 0 Å². The highest BCUT2D eigenvalue weighted by Crippen LogP contribution is 2.23. The van der Waals surface area contributed by atoms with E-state index in [0.717, 1.165) is 53.4 Å². The van der Waals surface area contributed by atoms with Crippen LogP contribution < -0.4 is 0 Å². The molecular formula is C21H25N3OS. The number of amides is 1. The molecule has 0 aliphatic rings. The van der Waals surface area contributed by atoms with E-state index in [1.807, 2.05) is 60.4 Å². The Kier molecular flexibility index (Phi) is 6.34. The van der Waals surface area contributed by atoms with Crippen LogP contribution in [0.5, 0.6) is 0 Å². The van der Waals surface area contributed by atoms with Crippen LogP contribution in [0.25, 0.3) is 11.0 Å². The molecule has 0 spiro atoms. The Morgan fingerprint density at radius 2 is 1.88 bits per heavy atom. The maximum Gasteiger partial charge on any atom is 0.253 e. The van der Waals surface area contributed by atoms with E-state index < -0.39 is 0 Å². The normalized spacial score (nSPS) is 11.0. The maximum absolute atomic E-state index is 12.6. The molecule has 0 bridgehead atoms. The first-order valence-electron chi connectivity index (χ1n) is 9.17. The van der Waals surface area contributed by atoms with Crippen LogP contribution in [-0.2, 0) is 5.75 Å². The van der Waals surface area contributed by atoms with E-state index in [4.69, 9.17) is 0 Å². The fourth-order valence-corrected chi connectivity index (χ4v) is 3.67.